The molecule has 3 aromatic carbocycles. The number of carbonyl (C=O) groups is 2. The Morgan fingerprint density at radius 2 is 1.85 bits per heavy atom. The Kier molecular flexibility index (Phi) is 7.84. The standard InChI is InChI=1S/C25H19BrN2O5/c1-32-22-7-3-4-17(23(22)33-15-16-8-10-20(26)11-9-16)12-19(14-27)24(29)28-21-6-2-5-18(13-21)25(30)31/h2-13H,15H2,1H3,(H,28,29)(H,30,31)/p-1/b19-12+. The number of carbonyl (C=O) groups excluding carboxylic acids is 2. The van der Waals surface area contributed by atoms with Crippen molar-refractivity contribution in [1.29, 1.82) is 5.26 Å². The molecule has 0 aliphatic heterocycles. The fraction of sp³-hybridized carbons (Fsp3) is 0.0800. The molecule has 3 aromatic rings. The third-order valence-corrected chi connectivity index (χ3v) is 5.08. The van der Waals surface area contributed by atoms with Gasteiger partial charge in [0.25, 0.3) is 5.91 Å². The summed E-state index contributed by atoms with van der Waals surface area (Å²) in [4.78, 5) is 23.7. The first kappa shape index (κ1) is 23.6. The van der Waals surface area contributed by atoms with E-state index in [-0.39, 0.29) is 23.4 Å². The number of anilines is 1. The SMILES string of the molecule is COc1cccc(/C=C(\C#N)C(=O)Nc2cccc(C(=O)[O-])c2)c1OCc1ccc(Br)cc1. The van der Waals surface area contributed by atoms with E-state index in [1.807, 2.05) is 30.3 Å². The molecule has 0 fully saturated rings. The van der Waals surface area contributed by atoms with Crippen molar-refractivity contribution in [2.24, 2.45) is 0 Å². The Morgan fingerprint density at radius 1 is 1.12 bits per heavy atom. The predicted octanol–water partition coefficient (Wildman–Crippen LogP) is 3.95. The monoisotopic (exact) mass is 505 g/mol. The highest BCUT2D eigenvalue weighted by atomic mass is 79.9. The summed E-state index contributed by atoms with van der Waals surface area (Å²) in [7, 11) is 1.50. The van der Waals surface area contributed by atoms with Crippen molar-refractivity contribution in [1.82, 2.24) is 0 Å². The van der Waals surface area contributed by atoms with E-state index in [1.165, 1.54) is 37.5 Å². The van der Waals surface area contributed by atoms with Crippen molar-refractivity contribution >= 4 is 39.6 Å². The summed E-state index contributed by atoms with van der Waals surface area (Å²) >= 11 is 3.39. The lowest BCUT2D eigenvalue weighted by Crippen LogP contribution is -2.22. The lowest BCUT2D eigenvalue weighted by Gasteiger charge is -2.14. The molecule has 33 heavy (non-hydrogen) atoms. The van der Waals surface area contributed by atoms with E-state index in [2.05, 4.69) is 21.2 Å². The van der Waals surface area contributed by atoms with Crippen LogP contribution in [-0.4, -0.2) is 19.0 Å². The van der Waals surface area contributed by atoms with Crippen LogP contribution >= 0.6 is 15.9 Å². The number of para-hydroxylation sites is 1. The number of halogens is 1. The average molecular weight is 506 g/mol. The number of nitrogens with one attached hydrogen (secondary N) is 1. The molecule has 0 aliphatic rings. The maximum atomic E-state index is 12.7. The van der Waals surface area contributed by atoms with Crippen LogP contribution in [0.3, 0.4) is 0 Å². The molecule has 166 valence electrons. The third kappa shape index (κ3) is 6.21. The van der Waals surface area contributed by atoms with Gasteiger partial charge in [-0.05, 0) is 47.5 Å². The van der Waals surface area contributed by atoms with Gasteiger partial charge in [0.1, 0.15) is 18.2 Å². The van der Waals surface area contributed by atoms with Crippen molar-refractivity contribution in [2.75, 3.05) is 12.4 Å². The molecule has 1 amide bonds. The number of benzene rings is 3. The summed E-state index contributed by atoms with van der Waals surface area (Å²) in [6, 6.07) is 20.2. The number of carboxylic acid groups (broad SMARTS) is 1. The molecular weight excluding hydrogens is 488 g/mol. The second-order valence-electron chi connectivity index (χ2n) is 6.79. The van der Waals surface area contributed by atoms with E-state index in [0.717, 1.165) is 10.0 Å². The van der Waals surface area contributed by atoms with Crippen LogP contribution in [0, 0.1) is 11.3 Å². The molecule has 0 heterocycles. The number of amides is 1. The molecule has 0 saturated heterocycles. The minimum Gasteiger partial charge on any atom is -0.545 e. The van der Waals surface area contributed by atoms with Gasteiger partial charge in [0, 0.05) is 15.7 Å². The van der Waals surface area contributed by atoms with Crippen molar-refractivity contribution in [3.8, 4) is 17.6 Å². The zero-order chi connectivity index (χ0) is 23.8. The smallest absolute Gasteiger partial charge is 0.266 e. The van der Waals surface area contributed by atoms with Crippen molar-refractivity contribution < 1.29 is 24.2 Å². The Labute approximate surface area is 199 Å². The lowest BCUT2D eigenvalue weighted by molar-refractivity contribution is -0.255. The zero-order valence-corrected chi connectivity index (χ0v) is 19.1. The number of rotatable bonds is 8. The minimum absolute atomic E-state index is 0.0910. The van der Waals surface area contributed by atoms with Gasteiger partial charge in [0.05, 0.1) is 13.1 Å². The number of carboxylic acids is 1. The van der Waals surface area contributed by atoms with Gasteiger partial charge in [-0.1, -0.05) is 52.3 Å². The van der Waals surface area contributed by atoms with Crippen molar-refractivity contribution in [3.05, 3.63) is 93.5 Å². The summed E-state index contributed by atoms with van der Waals surface area (Å²) in [5, 5.41) is 23.1. The Hall–Kier alpha value is -4.09. The first-order chi connectivity index (χ1) is 15.9. The molecular formula is C25H18BrN2O5-. The van der Waals surface area contributed by atoms with Gasteiger partial charge < -0.3 is 24.7 Å². The zero-order valence-electron chi connectivity index (χ0n) is 17.5. The fourth-order valence-corrected chi connectivity index (χ4v) is 3.19. The van der Waals surface area contributed by atoms with Gasteiger partial charge in [0.2, 0.25) is 0 Å². The van der Waals surface area contributed by atoms with Crippen LogP contribution in [0.1, 0.15) is 21.5 Å². The molecule has 0 unspecified atom stereocenters. The number of ether oxygens (including phenoxy) is 2. The molecule has 1 N–H and O–H groups in total. The number of nitrogens with zero attached hydrogens (tertiary/aromatic N) is 1. The van der Waals surface area contributed by atoms with Crippen LogP contribution in [0.2, 0.25) is 0 Å². The van der Waals surface area contributed by atoms with Crippen LogP contribution in [0.25, 0.3) is 6.08 Å². The molecule has 8 heteroatoms. The molecule has 0 aromatic heterocycles. The maximum Gasteiger partial charge on any atom is 0.266 e. The van der Waals surface area contributed by atoms with E-state index >= 15 is 0 Å². The summed E-state index contributed by atoms with van der Waals surface area (Å²) < 4.78 is 12.3. The number of hydrogen-bond donors (Lipinski definition) is 1. The summed E-state index contributed by atoms with van der Waals surface area (Å²) in [5.74, 6) is -1.25. The predicted molar refractivity (Wildman–Crippen MR) is 124 cm³/mol. The summed E-state index contributed by atoms with van der Waals surface area (Å²) in [5.41, 5.74) is 1.33. The molecule has 0 aliphatic carbocycles. The van der Waals surface area contributed by atoms with Crippen LogP contribution in [-0.2, 0) is 11.4 Å². The molecule has 7 nitrogen and oxygen atoms in total. The van der Waals surface area contributed by atoms with E-state index in [0.29, 0.717) is 17.1 Å². The Balaban J connectivity index is 1.87. The van der Waals surface area contributed by atoms with Crippen LogP contribution in [0.15, 0.2) is 76.8 Å². The topological polar surface area (TPSA) is 111 Å². The highest BCUT2D eigenvalue weighted by molar-refractivity contribution is 9.10. The van der Waals surface area contributed by atoms with Gasteiger partial charge in [-0.3, -0.25) is 4.79 Å². The van der Waals surface area contributed by atoms with Gasteiger partial charge >= 0.3 is 0 Å². The molecule has 3 rings (SSSR count). The van der Waals surface area contributed by atoms with Crippen molar-refractivity contribution in [2.45, 2.75) is 6.61 Å². The van der Waals surface area contributed by atoms with Gasteiger partial charge in [-0.2, -0.15) is 5.26 Å². The quantitative estimate of drug-likeness (QED) is 0.366. The average Bonchev–Trinajstić information content (AvgIpc) is 2.82. The molecule has 0 spiro atoms. The largest absolute Gasteiger partial charge is 0.545 e. The lowest BCUT2D eigenvalue weighted by atomic mass is 10.1. The molecule has 0 bridgehead atoms. The Bertz CT molecular complexity index is 1250. The number of aromatic carboxylic acids is 1. The minimum atomic E-state index is -1.37. The van der Waals surface area contributed by atoms with E-state index in [1.54, 1.807) is 18.2 Å². The highest BCUT2D eigenvalue weighted by Crippen LogP contribution is 2.33. The summed E-state index contributed by atoms with van der Waals surface area (Å²) in [6.45, 7) is 0.249. The first-order valence-corrected chi connectivity index (χ1v) is 10.5. The van der Waals surface area contributed by atoms with E-state index in [9.17, 15) is 20.0 Å². The molecule has 0 saturated carbocycles. The Morgan fingerprint density at radius 3 is 2.52 bits per heavy atom. The van der Waals surface area contributed by atoms with E-state index in [4.69, 9.17) is 9.47 Å². The molecule has 0 atom stereocenters. The van der Waals surface area contributed by atoms with E-state index < -0.39 is 11.9 Å². The normalized spacial score (nSPS) is 10.8. The van der Waals surface area contributed by atoms with Crippen molar-refractivity contribution in [3.63, 3.8) is 0 Å². The second kappa shape index (κ2) is 11.0. The van der Waals surface area contributed by atoms with Crippen LogP contribution in [0.5, 0.6) is 11.5 Å². The van der Waals surface area contributed by atoms with Crippen LogP contribution in [0.4, 0.5) is 5.69 Å². The maximum absolute atomic E-state index is 12.7. The fourth-order valence-electron chi connectivity index (χ4n) is 2.92. The first-order valence-electron chi connectivity index (χ1n) is 9.70. The third-order valence-electron chi connectivity index (χ3n) is 4.55. The van der Waals surface area contributed by atoms with Gasteiger partial charge in [-0.15, -0.1) is 0 Å². The number of nitriles is 1. The summed E-state index contributed by atoms with van der Waals surface area (Å²) in [6.07, 6.45) is 1.39. The highest BCUT2D eigenvalue weighted by Gasteiger charge is 2.15. The molecule has 0 radical (unpaired) electrons. The van der Waals surface area contributed by atoms with Crippen LogP contribution < -0.4 is 19.9 Å². The number of methoxy groups -OCH3 is 1. The van der Waals surface area contributed by atoms with Gasteiger partial charge in [0.15, 0.2) is 11.5 Å². The second-order valence-corrected chi connectivity index (χ2v) is 7.70. The van der Waals surface area contributed by atoms with Gasteiger partial charge in [-0.25, -0.2) is 0 Å². The number of hydrogen-bond acceptors (Lipinski definition) is 6.